The van der Waals surface area contributed by atoms with Crippen LogP contribution in [0.15, 0.2) is 71.5 Å². The standard InChI is InChI=1S/C23H19IN4O2S/c1-14-25-19-10-8-15(24)12-18(19)22(29)28(14)20-11-9-17(13-21(20)30-2)27-23(31)26-16-6-4-3-5-7-16/h3-13H,1-2H3,(H2,26,27,31). The second-order valence-electron chi connectivity index (χ2n) is 6.79. The Morgan fingerprint density at radius 2 is 1.77 bits per heavy atom. The van der Waals surface area contributed by atoms with E-state index in [0.29, 0.717) is 33.3 Å². The molecule has 0 aliphatic rings. The third-order valence-electron chi connectivity index (χ3n) is 4.71. The molecule has 156 valence electrons. The number of para-hydroxylation sites is 1. The fourth-order valence-corrected chi connectivity index (χ4v) is 4.03. The maximum absolute atomic E-state index is 13.3. The molecule has 0 aliphatic heterocycles. The minimum atomic E-state index is -0.138. The molecule has 1 heterocycles. The molecule has 0 spiro atoms. The normalized spacial score (nSPS) is 10.7. The highest BCUT2D eigenvalue weighted by molar-refractivity contribution is 14.1. The number of aryl methyl sites for hydroxylation is 1. The lowest BCUT2D eigenvalue weighted by molar-refractivity contribution is 0.412. The van der Waals surface area contributed by atoms with Crippen LogP contribution >= 0.6 is 34.8 Å². The Bertz CT molecular complexity index is 1340. The number of nitrogens with one attached hydrogen (secondary N) is 2. The van der Waals surface area contributed by atoms with Crippen molar-refractivity contribution in [2.75, 3.05) is 17.7 Å². The van der Waals surface area contributed by atoms with Gasteiger partial charge in [-0.2, -0.15) is 0 Å². The summed E-state index contributed by atoms with van der Waals surface area (Å²) in [5, 5.41) is 7.30. The number of halogens is 1. The Labute approximate surface area is 198 Å². The number of thiocarbonyl (C=S) groups is 1. The number of ether oxygens (including phenoxy) is 1. The van der Waals surface area contributed by atoms with Gasteiger partial charge in [0.05, 0.1) is 23.7 Å². The van der Waals surface area contributed by atoms with Gasteiger partial charge in [0, 0.05) is 21.0 Å². The van der Waals surface area contributed by atoms with Gasteiger partial charge in [-0.25, -0.2) is 4.98 Å². The molecule has 0 bridgehead atoms. The zero-order valence-corrected chi connectivity index (χ0v) is 19.8. The molecule has 1 aromatic heterocycles. The van der Waals surface area contributed by atoms with Crippen molar-refractivity contribution in [3.63, 3.8) is 0 Å². The van der Waals surface area contributed by atoms with Gasteiger partial charge in [-0.05, 0) is 84.2 Å². The van der Waals surface area contributed by atoms with Crippen molar-refractivity contribution in [1.82, 2.24) is 9.55 Å². The molecule has 0 aliphatic carbocycles. The first-order chi connectivity index (χ1) is 15.0. The van der Waals surface area contributed by atoms with Gasteiger partial charge in [0.2, 0.25) is 0 Å². The number of nitrogens with zero attached hydrogens (tertiary/aromatic N) is 2. The highest BCUT2D eigenvalue weighted by Gasteiger charge is 2.15. The van der Waals surface area contributed by atoms with Crippen molar-refractivity contribution in [2.24, 2.45) is 0 Å². The molecule has 0 saturated carbocycles. The molecular formula is C23H19IN4O2S. The zero-order chi connectivity index (χ0) is 22.0. The maximum Gasteiger partial charge on any atom is 0.266 e. The molecule has 0 amide bonds. The maximum atomic E-state index is 13.3. The molecule has 8 heteroatoms. The van der Waals surface area contributed by atoms with Crippen LogP contribution < -0.4 is 20.9 Å². The monoisotopic (exact) mass is 542 g/mol. The lowest BCUT2D eigenvalue weighted by Gasteiger charge is -2.16. The Kier molecular flexibility index (Phi) is 6.19. The third-order valence-corrected chi connectivity index (χ3v) is 5.58. The molecule has 4 aromatic rings. The molecule has 4 rings (SSSR count). The van der Waals surface area contributed by atoms with Crippen molar-refractivity contribution in [3.05, 3.63) is 86.5 Å². The summed E-state index contributed by atoms with van der Waals surface area (Å²) in [4.78, 5) is 17.9. The van der Waals surface area contributed by atoms with Crippen LogP contribution in [0.3, 0.4) is 0 Å². The van der Waals surface area contributed by atoms with Crippen LogP contribution in [0.25, 0.3) is 16.6 Å². The summed E-state index contributed by atoms with van der Waals surface area (Å²) in [6.45, 7) is 1.81. The predicted molar refractivity (Wildman–Crippen MR) is 138 cm³/mol. The SMILES string of the molecule is COc1cc(NC(=S)Nc2ccccc2)ccc1-n1c(C)nc2ccc(I)cc2c1=O. The molecule has 0 unspecified atom stereocenters. The molecule has 0 fully saturated rings. The van der Waals surface area contributed by atoms with E-state index in [9.17, 15) is 4.79 Å². The topological polar surface area (TPSA) is 68.2 Å². The zero-order valence-electron chi connectivity index (χ0n) is 16.8. The average molecular weight is 542 g/mol. The molecule has 0 radical (unpaired) electrons. The summed E-state index contributed by atoms with van der Waals surface area (Å²) in [6.07, 6.45) is 0. The number of anilines is 2. The van der Waals surface area contributed by atoms with E-state index in [1.807, 2.05) is 67.6 Å². The van der Waals surface area contributed by atoms with Gasteiger partial charge < -0.3 is 15.4 Å². The third kappa shape index (κ3) is 4.54. The van der Waals surface area contributed by atoms with Crippen LogP contribution in [-0.4, -0.2) is 21.8 Å². The quantitative estimate of drug-likeness (QED) is 0.276. The summed E-state index contributed by atoms with van der Waals surface area (Å²) in [7, 11) is 1.57. The second kappa shape index (κ2) is 9.03. The lowest BCUT2D eigenvalue weighted by atomic mass is 10.2. The van der Waals surface area contributed by atoms with Crippen molar-refractivity contribution >= 4 is 62.2 Å². The van der Waals surface area contributed by atoms with E-state index < -0.39 is 0 Å². The minimum absolute atomic E-state index is 0.138. The first-order valence-electron chi connectivity index (χ1n) is 9.46. The van der Waals surface area contributed by atoms with E-state index >= 15 is 0 Å². The van der Waals surface area contributed by atoms with Crippen molar-refractivity contribution in [2.45, 2.75) is 6.92 Å². The van der Waals surface area contributed by atoms with Crippen LogP contribution in [0.1, 0.15) is 5.82 Å². The van der Waals surface area contributed by atoms with Gasteiger partial charge >= 0.3 is 0 Å². The van der Waals surface area contributed by atoms with Crippen LogP contribution in [0.5, 0.6) is 5.75 Å². The van der Waals surface area contributed by atoms with E-state index in [1.54, 1.807) is 17.7 Å². The molecule has 3 aromatic carbocycles. The molecule has 0 atom stereocenters. The van der Waals surface area contributed by atoms with Crippen LogP contribution in [0.2, 0.25) is 0 Å². The summed E-state index contributed by atoms with van der Waals surface area (Å²) >= 11 is 7.59. The molecule has 31 heavy (non-hydrogen) atoms. The Balaban J connectivity index is 1.69. The summed E-state index contributed by atoms with van der Waals surface area (Å²) in [5.41, 5.74) is 2.78. The number of hydrogen-bond acceptors (Lipinski definition) is 4. The molecule has 0 saturated heterocycles. The number of hydrogen-bond donors (Lipinski definition) is 2. The highest BCUT2D eigenvalue weighted by atomic mass is 127. The number of aromatic nitrogens is 2. The van der Waals surface area contributed by atoms with Gasteiger partial charge in [0.25, 0.3) is 5.56 Å². The predicted octanol–water partition coefficient (Wildman–Crippen LogP) is 5.12. The fraction of sp³-hybridized carbons (Fsp3) is 0.0870. The Hall–Kier alpha value is -2.98. The fourth-order valence-electron chi connectivity index (χ4n) is 3.31. The highest BCUT2D eigenvalue weighted by Crippen LogP contribution is 2.27. The molecule has 2 N–H and O–H groups in total. The Morgan fingerprint density at radius 1 is 1.03 bits per heavy atom. The van der Waals surface area contributed by atoms with Gasteiger partial charge in [-0.15, -0.1) is 0 Å². The van der Waals surface area contributed by atoms with E-state index in [0.717, 1.165) is 14.9 Å². The van der Waals surface area contributed by atoms with E-state index in [-0.39, 0.29) is 5.56 Å². The van der Waals surface area contributed by atoms with E-state index in [2.05, 4.69) is 38.2 Å². The first kappa shape index (κ1) is 21.3. The molecule has 6 nitrogen and oxygen atoms in total. The van der Waals surface area contributed by atoms with Crippen LogP contribution in [0, 0.1) is 10.5 Å². The van der Waals surface area contributed by atoms with Gasteiger partial charge in [-0.3, -0.25) is 9.36 Å². The summed E-state index contributed by atoms with van der Waals surface area (Å²) < 4.78 is 8.14. The van der Waals surface area contributed by atoms with Gasteiger partial charge in [0.15, 0.2) is 5.11 Å². The average Bonchev–Trinajstić information content (AvgIpc) is 2.76. The van der Waals surface area contributed by atoms with E-state index in [4.69, 9.17) is 17.0 Å². The smallest absolute Gasteiger partial charge is 0.266 e. The van der Waals surface area contributed by atoms with Crippen LogP contribution in [-0.2, 0) is 0 Å². The number of fused-ring (bicyclic) bond motifs is 1. The van der Waals surface area contributed by atoms with Gasteiger partial charge in [0.1, 0.15) is 11.6 Å². The van der Waals surface area contributed by atoms with Crippen molar-refractivity contribution < 1.29 is 4.74 Å². The van der Waals surface area contributed by atoms with Crippen molar-refractivity contribution in [1.29, 1.82) is 0 Å². The largest absolute Gasteiger partial charge is 0.494 e. The van der Waals surface area contributed by atoms with Gasteiger partial charge in [-0.1, -0.05) is 18.2 Å². The lowest BCUT2D eigenvalue weighted by Crippen LogP contribution is -2.23. The number of rotatable bonds is 4. The second-order valence-corrected chi connectivity index (χ2v) is 8.45. The summed E-state index contributed by atoms with van der Waals surface area (Å²) in [6, 6.07) is 20.8. The Morgan fingerprint density at radius 3 is 2.52 bits per heavy atom. The number of methoxy groups -OCH3 is 1. The summed E-state index contributed by atoms with van der Waals surface area (Å²) in [5.74, 6) is 1.11. The minimum Gasteiger partial charge on any atom is -0.494 e. The van der Waals surface area contributed by atoms with Crippen molar-refractivity contribution in [3.8, 4) is 11.4 Å². The molecular weight excluding hydrogens is 523 g/mol. The van der Waals surface area contributed by atoms with E-state index in [1.165, 1.54) is 0 Å². The first-order valence-corrected chi connectivity index (χ1v) is 11.0. The van der Waals surface area contributed by atoms with Crippen LogP contribution in [0.4, 0.5) is 11.4 Å². The number of benzene rings is 3.